The number of carbonyl (C=O) groups is 1. The molecule has 4 nitrogen and oxygen atoms in total. The number of halogens is 1. The molecule has 122 valence electrons. The van der Waals surface area contributed by atoms with Gasteiger partial charge in [-0.05, 0) is 36.8 Å². The van der Waals surface area contributed by atoms with Crippen molar-refractivity contribution < 1.29 is 14.3 Å². The van der Waals surface area contributed by atoms with Gasteiger partial charge in [-0.1, -0.05) is 35.9 Å². The average Bonchev–Trinajstić information content (AvgIpc) is 2.58. The minimum atomic E-state index is -0.170. The van der Waals surface area contributed by atoms with Crippen molar-refractivity contribution in [2.24, 2.45) is 0 Å². The Kier molecular flexibility index (Phi) is 6.91. The maximum atomic E-state index is 12.2. The molecule has 5 heteroatoms. The molecule has 0 aliphatic heterocycles. The van der Waals surface area contributed by atoms with Crippen molar-refractivity contribution in [1.29, 1.82) is 0 Å². The quantitative estimate of drug-likeness (QED) is 0.749. The van der Waals surface area contributed by atoms with Crippen LogP contribution in [-0.4, -0.2) is 25.7 Å². The lowest BCUT2D eigenvalue weighted by Gasteiger charge is -2.12. The van der Waals surface area contributed by atoms with Crippen LogP contribution in [0, 0.1) is 0 Å². The van der Waals surface area contributed by atoms with E-state index in [1.807, 2.05) is 43.3 Å². The number of benzene rings is 2. The summed E-state index contributed by atoms with van der Waals surface area (Å²) < 4.78 is 11.0. The third kappa shape index (κ3) is 5.58. The van der Waals surface area contributed by atoms with Crippen molar-refractivity contribution in [3.8, 4) is 5.75 Å². The molecule has 0 aliphatic carbocycles. The van der Waals surface area contributed by atoms with Gasteiger partial charge < -0.3 is 14.8 Å². The van der Waals surface area contributed by atoms with Gasteiger partial charge in [-0.3, -0.25) is 4.79 Å². The fourth-order valence-corrected chi connectivity index (χ4v) is 2.12. The molecule has 0 heterocycles. The zero-order valence-corrected chi connectivity index (χ0v) is 13.8. The predicted molar refractivity (Wildman–Crippen MR) is 91.1 cm³/mol. The standard InChI is InChI=1S/C18H20ClNO3/c1-2-22-12-11-20-18(21)16-5-3-4-6-17(16)23-13-14-7-9-15(19)10-8-14/h3-10H,2,11-13H2,1H3,(H,20,21). The van der Waals surface area contributed by atoms with Crippen LogP contribution < -0.4 is 10.1 Å². The number of ether oxygens (including phenoxy) is 2. The molecule has 0 bridgehead atoms. The van der Waals surface area contributed by atoms with Gasteiger partial charge in [-0.25, -0.2) is 0 Å². The third-order valence-corrected chi connectivity index (χ3v) is 3.43. The summed E-state index contributed by atoms with van der Waals surface area (Å²) in [6.45, 7) is 3.90. The maximum absolute atomic E-state index is 12.2. The molecule has 0 spiro atoms. The van der Waals surface area contributed by atoms with Gasteiger partial charge in [0, 0.05) is 18.2 Å². The van der Waals surface area contributed by atoms with Crippen molar-refractivity contribution in [2.45, 2.75) is 13.5 Å². The number of hydrogen-bond acceptors (Lipinski definition) is 3. The van der Waals surface area contributed by atoms with Crippen LogP contribution in [0.5, 0.6) is 5.75 Å². The summed E-state index contributed by atoms with van der Waals surface area (Å²) in [6, 6.07) is 14.6. The number of para-hydroxylation sites is 1. The van der Waals surface area contributed by atoms with Crippen LogP contribution >= 0.6 is 11.6 Å². The van der Waals surface area contributed by atoms with E-state index in [9.17, 15) is 4.79 Å². The zero-order valence-electron chi connectivity index (χ0n) is 13.0. The van der Waals surface area contributed by atoms with Crippen molar-refractivity contribution in [2.75, 3.05) is 19.8 Å². The van der Waals surface area contributed by atoms with Gasteiger partial charge in [0.15, 0.2) is 0 Å². The molecular formula is C18H20ClNO3. The van der Waals surface area contributed by atoms with Gasteiger partial charge in [0.05, 0.1) is 12.2 Å². The van der Waals surface area contributed by atoms with Crippen molar-refractivity contribution in [1.82, 2.24) is 5.32 Å². The van der Waals surface area contributed by atoms with Gasteiger partial charge in [-0.2, -0.15) is 0 Å². The minimum absolute atomic E-state index is 0.170. The summed E-state index contributed by atoms with van der Waals surface area (Å²) >= 11 is 5.86. The molecule has 2 aromatic carbocycles. The second-order valence-corrected chi connectivity index (χ2v) is 5.30. The first kappa shape index (κ1) is 17.3. The molecule has 23 heavy (non-hydrogen) atoms. The van der Waals surface area contributed by atoms with Crippen molar-refractivity contribution in [3.05, 3.63) is 64.7 Å². The average molecular weight is 334 g/mol. The fourth-order valence-electron chi connectivity index (χ4n) is 2.00. The number of amides is 1. The van der Waals surface area contributed by atoms with Crippen LogP contribution in [-0.2, 0) is 11.3 Å². The van der Waals surface area contributed by atoms with Crippen LogP contribution in [0.1, 0.15) is 22.8 Å². The minimum Gasteiger partial charge on any atom is -0.488 e. The molecule has 0 unspecified atom stereocenters. The largest absolute Gasteiger partial charge is 0.488 e. The maximum Gasteiger partial charge on any atom is 0.255 e. The van der Waals surface area contributed by atoms with E-state index in [0.717, 1.165) is 5.56 Å². The SMILES string of the molecule is CCOCCNC(=O)c1ccccc1OCc1ccc(Cl)cc1. The van der Waals surface area contributed by atoms with Gasteiger partial charge in [0.25, 0.3) is 5.91 Å². The van der Waals surface area contributed by atoms with Crippen LogP contribution in [0.25, 0.3) is 0 Å². The lowest BCUT2D eigenvalue weighted by molar-refractivity contribution is 0.0918. The van der Waals surface area contributed by atoms with Crippen molar-refractivity contribution >= 4 is 17.5 Å². The first-order valence-electron chi connectivity index (χ1n) is 7.53. The third-order valence-electron chi connectivity index (χ3n) is 3.18. The molecule has 1 amide bonds. The lowest BCUT2D eigenvalue weighted by Crippen LogP contribution is -2.27. The Morgan fingerprint density at radius 3 is 2.61 bits per heavy atom. The summed E-state index contributed by atoms with van der Waals surface area (Å²) in [7, 11) is 0. The highest BCUT2D eigenvalue weighted by Gasteiger charge is 2.11. The molecule has 0 atom stereocenters. The van der Waals surface area contributed by atoms with Crippen LogP contribution in [0.2, 0.25) is 5.02 Å². The first-order chi connectivity index (χ1) is 11.2. The summed E-state index contributed by atoms with van der Waals surface area (Å²) in [4.78, 5) is 12.2. The number of rotatable bonds is 8. The molecule has 0 aromatic heterocycles. The van der Waals surface area contributed by atoms with Gasteiger partial charge >= 0.3 is 0 Å². The van der Waals surface area contributed by atoms with E-state index in [-0.39, 0.29) is 5.91 Å². The molecular weight excluding hydrogens is 314 g/mol. The Hall–Kier alpha value is -2.04. The summed E-state index contributed by atoms with van der Waals surface area (Å²) in [5.74, 6) is 0.382. The number of nitrogens with one attached hydrogen (secondary N) is 1. The van der Waals surface area contributed by atoms with E-state index in [0.29, 0.717) is 42.7 Å². The molecule has 2 aromatic rings. The summed E-state index contributed by atoms with van der Waals surface area (Å²) in [5.41, 5.74) is 1.50. The molecule has 0 saturated heterocycles. The van der Waals surface area contributed by atoms with E-state index >= 15 is 0 Å². The van der Waals surface area contributed by atoms with Gasteiger partial charge in [0.2, 0.25) is 0 Å². The van der Waals surface area contributed by atoms with E-state index in [2.05, 4.69) is 5.32 Å². The Balaban J connectivity index is 1.96. The van der Waals surface area contributed by atoms with E-state index in [1.54, 1.807) is 12.1 Å². The Morgan fingerprint density at radius 1 is 1.13 bits per heavy atom. The van der Waals surface area contributed by atoms with Crippen LogP contribution in [0.4, 0.5) is 0 Å². The molecule has 0 aliphatic rings. The van der Waals surface area contributed by atoms with Crippen molar-refractivity contribution in [3.63, 3.8) is 0 Å². The predicted octanol–water partition coefficient (Wildman–Crippen LogP) is 3.69. The Labute approximate surface area is 141 Å². The normalized spacial score (nSPS) is 10.3. The fraction of sp³-hybridized carbons (Fsp3) is 0.278. The van der Waals surface area contributed by atoms with E-state index < -0.39 is 0 Å². The van der Waals surface area contributed by atoms with E-state index in [4.69, 9.17) is 21.1 Å². The highest BCUT2D eigenvalue weighted by molar-refractivity contribution is 6.30. The zero-order chi connectivity index (χ0) is 16.5. The Morgan fingerprint density at radius 2 is 1.87 bits per heavy atom. The lowest BCUT2D eigenvalue weighted by atomic mass is 10.2. The number of hydrogen-bond donors (Lipinski definition) is 1. The highest BCUT2D eigenvalue weighted by atomic mass is 35.5. The second-order valence-electron chi connectivity index (χ2n) is 4.86. The molecule has 2 rings (SSSR count). The summed E-state index contributed by atoms with van der Waals surface area (Å²) in [5, 5.41) is 3.50. The molecule has 0 fully saturated rings. The first-order valence-corrected chi connectivity index (χ1v) is 7.90. The van der Waals surface area contributed by atoms with Gasteiger partial charge in [0.1, 0.15) is 12.4 Å². The second kappa shape index (κ2) is 9.18. The highest BCUT2D eigenvalue weighted by Crippen LogP contribution is 2.20. The molecule has 1 N–H and O–H groups in total. The van der Waals surface area contributed by atoms with Gasteiger partial charge in [-0.15, -0.1) is 0 Å². The van der Waals surface area contributed by atoms with Crippen LogP contribution in [0.15, 0.2) is 48.5 Å². The monoisotopic (exact) mass is 333 g/mol. The smallest absolute Gasteiger partial charge is 0.255 e. The van der Waals surface area contributed by atoms with E-state index in [1.165, 1.54) is 0 Å². The van der Waals surface area contributed by atoms with Crippen LogP contribution in [0.3, 0.4) is 0 Å². The number of carbonyl (C=O) groups excluding carboxylic acids is 1. The molecule has 0 saturated carbocycles. The Bertz CT molecular complexity index is 628. The summed E-state index contributed by atoms with van der Waals surface area (Å²) in [6.07, 6.45) is 0. The topological polar surface area (TPSA) is 47.6 Å². The molecule has 0 radical (unpaired) electrons.